The van der Waals surface area contributed by atoms with E-state index < -0.39 is 11.8 Å². The van der Waals surface area contributed by atoms with E-state index in [2.05, 4.69) is 24.5 Å². The Morgan fingerprint density at radius 3 is 2.50 bits per heavy atom. The van der Waals surface area contributed by atoms with Crippen LogP contribution < -0.4 is 10.6 Å². The maximum Gasteiger partial charge on any atom is 0.313 e. The Hall–Kier alpha value is -1.88. The normalized spacial score (nSPS) is 12.0. The van der Waals surface area contributed by atoms with Crippen molar-refractivity contribution in [2.75, 3.05) is 32.5 Å². The molecule has 1 rings (SSSR count). The lowest BCUT2D eigenvalue weighted by molar-refractivity contribution is -0.136. The molecule has 1 aromatic rings. The number of hydrogen-bond acceptors (Lipinski definition) is 3. The lowest BCUT2D eigenvalue weighted by Crippen LogP contribution is -2.36. The molecule has 2 amide bonds. The highest BCUT2D eigenvalue weighted by atomic mass is 16.2. The van der Waals surface area contributed by atoms with Crippen LogP contribution in [-0.2, 0) is 9.59 Å². The smallest absolute Gasteiger partial charge is 0.313 e. The number of para-hydroxylation sites is 1. The summed E-state index contributed by atoms with van der Waals surface area (Å²) in [5.41, 5.74) is 1.77. The Labute approximate surface area is 133 Å². The number of carbonyl (C=O) groups is 2. The van der Waals surface area contributed by atoms with Gasteiger partial charge in [0.05, 0.1) is 0 Å². The van der Waals surface area contributed by atoms with E-state index in [4.69, 9.17) is 0 Å². The number of benzene rings is 1. The molecular formula is C17H27N3O2. The van der Waals surface area contributed by atoms with Crippen LogP contribution in [-0.4, -0.2) is 43.9 Å². The third kappa shape index (κ3) is 5.85. The van der Waals surface area contributed by atoms with Gasteiger partial charge in [-0.15, -0.1) is 0 Å². The molecule has 1 atom stereocenters. The number of anilines is 1. The fourth-order valence-corrected chi connectivity index (χ4v) is 2.12. The summed E-state index contributed by atoms with van der Waals surface area (Å²) in [6.07, 6.45) is 1.79. The Morgan fingerprint density at radius 1 is 1.18 bits per heavy atom. The third-order valence-electron chi connectivity index (χ3n) is 3.63. The van der Waals surface area contributed by atoms with Gasteiger partial charge in [-0.25, -0.2) is 0 Å². The van der Waals surface area contributed by atoms with Gasteiger partial charge < -0.3 is 15.5 Å². The van der Waals surface area contributed by atoms with Gasteiger partial charge in [0, 0.05) is 12.2 Å². The van der Waals surface area contributed by atoms with Crippen LogP contribution in [0.3, 0.4) is 0 Å². The first kappa shape index (κ1) is 18.2. The van der Waals surface area contributed by atoms with Gasteiger partial charge in [-0.05, 0) is 51.0 Å². The standard InChI is InChI=1S/C17H27N3O2/c1-5-13(2)14-9-6-7-10-15(14)19-17(22)16(21)18-11-8-12-20(3)4/h6-7,9-10,13H,5,8,11-12H2,1-4H3,(H,18,21)(H,19,22). The number of nitrogens with one attached hydrogen (secondary N) is 2. The molecule has 1 unspecified atom stereocenters. The number of amides is 2. The van der Waals surface area contributed by atoms with Crippen molar-refractivity contribution in [3.8, 4) is 0 Å². The van der Waals surface area contributed by atoms with Crippen molar-refractivity contribution in [1.82, 2.24) is 10.2 Å². The van der Waals surface area contributed by atoms with Crippen LogP contribution in [0.4, 0.5) is 5.69 Å². The first-order valence-corrected chi connectivity index (χ1v) is 7.78. The molecule has 5 heteroatoms. The summed E-state index contributed by atoms with van der Waals surface area (Å²) < 4.78 is 0. The quantitative estimate of drug-likeness (QED) is 0.600. The summed E-state index contributed by atoms with van der Waals surface area (Å²) in [6.45, 7) is 5.57. The lowest BCUT2D eigenvalue weighted by atomic mass is 9.97. The summed E-state index contributed by atoms with van der Waals surface area (Å²) in [7, 11) is 3.95. The molecule has 122 valence electrons. The van der Waals surface area contributed by atoms with E-state index >= 15 is 0 Å². The fourth-order valence-electron chi connectivity index (χ4n) is 2.12. The van der Waals surface area contributed by atoms with E-state index in [0.717, 1.165) is 24.9 Å². The highest BCUT2D eigenvalue weighted by Crippen LogP contribution is 2.26. The van der Waals surface area contributed by atoms with E-state index in [1.807, 2.05) is 43.3 Å². The minimum absolute atomic E-state index is 0.333. The van der Waals surface area contributed by atoms with Gasteiger partial charge >= 0.3 is 11.8 Å². The van der Waals surface area contributed by atoms with Gasteiger partial charge in [-0.3, -0.25) is 9.59 Å². The minimum Gasteiger partial charge on any atom is -0.348 e. The van der Waals surface area contributed by atoms with Crippen LogP contribution in [0.15, 0.2) is 24.3 Å². The zero-order valence-corrected chi connectivity index (χ0v) is 14.0. The van der Waals surface area contributed by atoms with Gasteiger partial charge in [-0.2, -0.15) is 0 Å². The number of rotatable bonds is 7. The third-order valence-corrected chi connectivity index (χ3v) is 3.63. The first-order chi connectivity index (χ1) is 10.5. The van der Waals surface area contributed by atoms with Gasteiger partial charge in [0.1, 0.15) is 0 Å². The van der Waals surface area contributed by atoms with Gasteiger partial charge in [0.2, 0.25) is 0 Å². The highest BCUT2D eigenvalue weighted by Gasteiger charge is 2.16. The lowest BCUT2D eigenvalue weighted by Gasteiger charge is -2.15. The molecule has 0 aliphatic heterocycles. The van der Waals surface area contributed by atoms with Crippen LogP contribution in [0.25, 0.3) is 0 Å². The molecule has 5 nitrogen and oxygen atoms in total. The van der Waals surface area contributed by atoms with Gasteiger partial charge in [0.15, 0.2) is 0 Å². The summed E-state index contributed by atoms with van der Waals surface area (Å²) in [4.78, 5) is 25.8. The molecule has 1 aromatic carbocycles. The van der Waals surface area contributed by atoms with E-state index in [1.165, 1.54) is 0 Å². The van der Waals surface area contributed by atoms with Crippen molar-refractivity contribution in [3.63, 3.8) is 0 Å². The second-order valence-corrected chi connectivity index (χ2v) is 5.76. The molecule has 0 aromatic heterocycles. The van der Waals surface area contributed by atoms with Crippen LogP contribution in [0.1, 0.15) is 38.2 Å². The molecule has 0 aliphatic rings. The molecule has 0 aliphatic carbocycles. The zero-order chi connectivity index (χ0) is 16.5. The molecule has 0 heterocycles. The van der Waals surface area contributed by atoms with Crippen LogP contribution in [0, 0.1) is 0 Å². The van der Waals surface area contributed by atoms with Gasteiger partial charge in [0.25, 0.3) is 0 Å². The maximum atomic E-state index is 12.0. The van der Waals surface area contributed by atoms with E-state index in [9.17, 15) is 9.59 Å². The van der Waals surface area contributed by atoms with Crippen molar-refractivity contribution in [2.45, 2.75) is 32.6 Å². The van der Waals surface area contributed by atoms with Crippen molar-refractivity contribution < 1.29 is 9.59 Å². The predicted molar refractivity (Wildman–Crippen MR) is 90.0 cm³/mol. The molecule has 2 N–H and O–H groups in total. The highest BCUT2D eigenvalue weighted by molar-refractivity contribution is 6.39. The minimum atomic E-state index is -0.611. The SMILES string of the molecule is CCC(C)c1ccccc1NC(=O)C(=O)NCCCN(C)C. The average Bonchev–Trinajstić information content (AvgIpc) is 2.50. The number of carbonyl (C=O) groups excluding carboxylic acids is 2. The summed E-state index contributed by atoms with van der Waals surface area (Å²) in [5.74, 6) is -0.863. The van der Waals surface area contributed by atoms with Gasteiger partial charge in [-0.1, -0.05) is 32.0 Å². The second-order valence-electron chi connectivity index (χ2n) is 5.76. The molecule has 22 heavy (non-hydrogen) atoms. The number of hydrogen-bond donors (Lipinski definition) is 2. The maximum absolute atomic E-state index is 12.0. The van der Waals surface area contributed by atoms with Crippen LogP contribution >= 0.6 is 0 Å². The summed E-state index contributed by atoms with van der Waals surface area (Å²) in [6, 6.07) is 7.62. The Kier molecular flexibility index (Phi) is 7.60. The van der Waals surface area contributed by atoms with Crippen LogP contribution in [0.2, 0.25) is 0 Å². The van der Waals surface area contributed by atoms with E-state index in [0.29, 0.717) is 18.2 Å². The molecule has 0 fully saturated rings. The van der Waals surface area contributed by atoms with Crippen LogP contribution in [0.5, 0.6) is 0 Å². The summed E-state index contributed by atoms with van der Waals surface area (Å²) >= 11 is 0. The largest absolute Gasteiger partial charge is 0.348 e. The van der Waals surface area contributed by atoms with Crippen molar-refractivity contribution in [3.05, 3.63) is 29.8 Å². The average molecular weight is 305 g/mol. The molecule has 0 spiro atoms. The number of nitrogens with zero attached hydrogens (tertiary/aromatic N) is 1. The summed E-state index contributed by atoms with van der Waals surface area (Å²) in [5, 5.41) is 5.36. The molecule has 0 saturated heterocycles. The Balaban J connectivity index is 2.56. The second kappa shape index (κ2) is 9.20. The van der Waals surface area contributed by atoms with E-state index in [-0.39, 0.29) is 0 Å². The topological polar surface area (TPSA) is 61.4 Å². The fraction of sp³-hybridized carbons (Fsp3) is 0.529. The molecule has 0 bridgehead atoms. The van der Waals surface area contributed by atoms with Crippen molar-refractivity contribution >= 4 is 17.5 Å². The Bertz CT molecular complexity index is 500. The zero-order valence-electron chi connectivity index (χ0n) is 14.0. The molecular weight excluding hydrogens is 278 g/mol. The molecule has 0 radical (unpaired) electrons. The first-order valence-electron chi connectivity index (χ1n) is 7.78. The molecule has 0 saturated carbocycles. The van der Waals surface area contributed by atoms with Crippen molar-refractivity contribution in [1.29, 1.82) is 0 Å². The predicted octanol–water partition coefficient (Wildman–Crippen LogP) is 2.21. The monoisotopic (exact) mass is 305 g/mol. The van der Waals surface area contributed by atoms with E-state index in [1.54, 1.807) is 0 Å². The van der Waals surface area contributed by atoms with Crippen molar-refractivity contribution in [2.24, 2.45) is 0 Å². The Morgan fingerprint density at radius 2 is 1.86 bits per heavy atom.